The maximum atomic E-state index is 12.8. The Bertz CT molecular complexity index is 541. The quantitative estimate of drug-likeness (QED) is 0.803. The van der Waals surface area contributed by atoms with Crippen molar-refractivity contribution in [2.45, 2.75) is 64.1 Å². The summed E-state index contributed by atoms with van der Waals surface area (Å²) in [6, 6.07) is 7.56. The van der Waals surface area contributed by atoms with E-state index in [-0.39, 0.29) is 6.04 Å². The second kappa shape index (κ2) is 7.92. The number of hydrogen-bond donors (Lipinski definition) is 1. The van der Waals surface area contributed by atoms with Gasteiger partial charge in [-0.05, 0) is 25.0 Å². The highest BCUT2D eigenvalue weighted by molar-refractivity contribution is 7.89. The molecule has 0 saturated heterocycles. The van der Waals surface area contributed by atoms with E-state index < -0.39 is 10.0 Å². The lowest BCUT2D eigenvalue weighted by Crippen LogP contribution is -2.36. The predicted molar refractivity (Wildman–Crippen MR) is 87.7 cm³/mol. The molecule has 1 aromatic rings. The third-order valence-electron chi connectivity index (χ3n) is 3.66. The first-order chi connectivity index (χ1) is 9.80. The molecule has 21 heavy (non-hydrogen) atoms. The standard InChI is InChI=1S/C16H28N2O2S/c1-6-9-14(4)18(5)21(19,20)16-11-8-7-10-15(16)12-17-13(2)3/h7-8,10-11,13-14,17H,6,9,12H2,1-5H3. The molecule has 1 aromatic carbocycles. The number of benzene rings is 1. The number of nitrogens with zero attached hydrogens (tertiary/aromatic N) is 1. The molecule has 0 fully saturated rings. The molecular weight excluding hydrogens is 284 g/mol. The van der Waals surface area contributed by atoms with Crippen molar-refractivity contribution in [2.24, 2.45) is 0 Å². The first kappa shape index (κ1) is 18.1. The van der Waals surface area contributed by atoms with Crippen molar-refractivity contribution < 1.29 is 8.42 Å². The summed E-state index contributed by atoms with van der Waals surface area (Å²) in [5, 5.41) is 3.28. The van der Waals surface area contributed by atoms with Crippen molar-refractivity contribution >= 4 is 10.0 Å². The molecule has 0 spiro atoms. The van der Waals surface area contributed by atoms with Crippen molar-refractivity contribution in [2.75, 3.05) is 7.05 Å². The van der Waals surface area contributed by atoms with E-state index in [0.29, 0.717) is 17.5 Å². The van der Waals surface area contributed by atoms with Gasteiger partial charge in [-0.25, -0.2) is 8.42 Å². The number of nitrogens with one attached hydrogen (secondary N) is 1. The average molecular weight is 312 g/mol. The van der Waals surface area contributed by atoms with E-state index in [9.17, 15) is 8.42 Å². The van der Waals surface area contributed by atoms with E-state index in [0.717, 1.165) is 18.4 Å². The third-order valence-corrected chi connectivity index (χ3v) is 5.73. The van der Waals surface area contributed by atoms with Crippen LogP contribution in [0.5, 0.6) is 0 Å². The largest absolute Gasteiger partial charge is 0.310 e. The lowest BCUT2D eigenvalue weighted by Gasteiger charge is -2.25. The van der Waals surface area contributed by atoms with Crippen LogP contribution < -0.4 is 5.32 Å². The van der Waals surface area contributed by atoms with Gasteiger partial charge < -0.3 is 5.32 Å². The summed E-state index contributed by atoms with van der Waals surface area (Å²) >= 11 is 0. The topological polar surface area (TPSA) is 49.4 Å². The Labute approximate surface area is 129 Å². The van der Waals surface area contributed by atoms with Gasteiger partial charge in [-0.15, -0.1) is 0 Å². The van der Waals surface area contributed by atoms with Crippen LogP contribution in [0.4, 0.5) is 0 Å². The number of rotatable bonds is 8. The molecule has 0 amide bonds. The summed E-state index contributed by atoms with van der Waals surface area (Å²) in [6.07, 6.45) is 1.83. The summed E-state index contributed by atoms with van der Waals surface area (Å²) in [6.45, 7) is 8.68. The molecule has 0 bridgehead atoms. The van der Waals surface area contributed by atoms with E-state index >= 15 is 0 Å². The highest BCUT2D eigenvalue weighted by Crippen LogP contribution is 2.22. The Morgan fingerprint density at radius 3 is 2.38 bits per heavy atom. The Hall–Kier alpha value is -0.910. The highest BCUT2D eigenvalue weighted by Gasteiger charge is 2.26. The van der Waals surface area contributed by atoms with Gasteiger partial charge in [0.15, 0.2) is 0 Å². The molecule has 0 heterocycles. The van der Waals surface area contributed by atoms with Crippen LogP contribution in [0, 0.1) is 0 Å². The molecule has 0 radical (unpaired) electrons. The lowest BCUT2D eigenvalue weighted by molar-refractivity contribution is 0.368. The molecule has 1 atom stereocenters. The van der Waals surface area contributed by atoms with Crippen LogP contribution in [0.3, 0.4) is 0 Å². The van der Waals surface area contributed by atoms with E-state index in [1.165, 1.54) is 4.31 Å². The maximum absolute atomic E-state index is 12.8. The fourth-order valence-corrected chi connectivity index (χ4v) is 3.82. The summed E-state index contributed by atoms with van der Waals surface area (Å²) in [5.41, 5.74) is 0.821. The summed E-state index contributed by atoms with van der Waals surface area (Å²) in [5.74, 6) is 0. The van der Waals surface area contributed by atoms with Crippen molar-refractivity contribution in [1.82, 2.24) is 9.62 Å². The zero-order chi connectivity index (χ0) is 16.0. The van der Waals surface area contributed by atoms with Gasteiger partial charge in [-0.3, -0.25) is 0 Å². The monoisotopic (exact) mass is 312 g/mol. The Morgan fingerprint density at radius 2 is 1.81 bits per heavy atom. The van der Waals surface area contributed by atoms with Crippen molar-refractivity contribution in [3.8, 4) is 0 Å². The van der Waals surface area contributed by atoms with Gasteiger partial charge in [0.2, 0.25) is 10.0 Å². The first-order valence-corrected chi connectivity index (χ1v) is 9.04. The summed E-state index contributed by atoms with van der Waals surface area (Å²) < 4.78 is 27.1. The number of sulfonamides is 1. The van der Waals surface area contributed by atoms with Gasteiger partial charge in [0, 0.05) is 25.7 Å². The van der Waals surface area contributed by atoms with E-state index in [4.69, 9.17) is 0 Å². The van der Waals surface area contributed by atoms with Gasteiger partial charge in [-0.2, -0.15) is 4.31 Å². The van der Waals surface area contributed by atoms with Crippen LogP contribution in [0.15, 0.2) is 29.2 Å². The average Bonchev–Trinajstić information content (AvgIpc) is 2.44. The molecule has 1 rings (SSSR count). The normalized spacial score (nSPS) is 13.9. The van der Waals surface area contributed by atoms with Crippen LogP contribution >= 0.6 is 0 Å². The molecule has 120 valence electrons. The van der Waals surface area contributed by atoms with Crippen LogP contribution in [-0.4, -0.2) is 31.9 Å². The van der Waals surface area contributed by atoms with Crippen molar-refractivity contribution in [3.63, 3.8) is 0 Å². The van der Waals surface area contributed by atoms with Gasteiger partial charge in [0.1, 0.15) is 0 Å². The Kier molecular flexibility index (Phi) is 6.84. The van der Waals surface area contributed by atoms with Gasteiger partial charge in [0.05, 0.1) is 4.90 Å². The molecule has 0 aliphatic carbocycles. The SMILES string of the molecule is CCCC(C)N(C)S(=O)(=O)c1ccccc1CNC(C)C. The summed E-state index contributed by atoms with van der Waals surface area (Å²) in [7, 11) is -1.78. The fourth-order valence-electron chi connectivity index (χ4n) is 2.21. The maximum Gasteiger partial charge on any atom is 0.243 e. The van der Waals surface area contributed by atoms with Gasteiger partial charge >= 0.3 is 0 Å². The minimum atomic E-state index is -3.45. The first-order valence-electron chi connectivity index (χ1n) is 7.60. The molecular formula is C16H28N2O2S. The summed E-state index contributed by atoms with van der Waals surface area (Å²) in [4.78, 5) is 0.406. The lowest BCUT2D eigenvalue weighted by atomic mass is 10.2. The second-order valence-electron chi connectivity index (χ2n) is 5.80. The van der Waals surface area contributed by atoms with Crippen LogP contribution in [-0.2, 0) is 16.6 Å². The fraction of sp³-hybridized carbons (Fsp3) is 0.625. The van der Waals surface area contributed by atoms with Gasteiger partial charge in [0.25, 0.3) is 0 Å². The van der Waals surface area contributed by atoms with Crippen LogP contribution in [0.25, 0.3) is 0 Å². The van der Waals surface area contributed by atoms with Gasteiger partial charge in [-0.1, -0.05) is 45.4 Å². The zero-order valence-electron chi connectivity index (χ0n) is 13.8. The minimum absolute atomic E-state index is 0.00566. The molecule has 0 aliphatic rings. The molecule has 1 N–H and O–H groups in total. The molecule has 0 saturated carbocycles. The molecule has 0 aliphatic heterocycles. The Morgan fingerprint density at radius 1 is 1.19 bits per heavy atom. The van der Waals surface area contributed by atoms with E-state index in [1.54, 1.807) is 19.2 Å². The van der Waals surface area contributed by atoms with E-state index in [2.05, 4.69) is 12.2 Å². The number of hydrogen-bond acceptors (Lipinski definition) is 3. The molecule has 4 nitrogen and oxygen atoms in total. The zero-order valence-corrected chi connectivity index (χ0v) is 14.6. The predicted octanol–water partition coefficient (Wildman–Crippen LogP) is 2.99. The highest BCUT2D eigenvalue weighted by atomic mass is 32.2. The molecule has 0 aromatic heterocycles. The van der Waals surface area contributed by atoms with Crippen LogP contribution in [0.1, 0.15) is 46.1 Å². The molecule has 5 heteroatoms. The smallest absolute Gasteiger partial charge is 0.243 e. The van der Waals surface area contributed by atoms with E-state index in [1.807, 2.05) is 32.9 Å². The minimum Gasteiger partial charge on any atom is -0.310 e. The third kappa shape index (κ3) is 4.80. The van der Waals surface area contributed by atoms with Crippen molar-refractivity contribution in [1.29, 1.82) is 0 Å². The van der Waals surface area contributed by atoms with Crippen molar-refractivity contribution in [3.05, 3.63) is 29.8 Å². The van der Waals surface area contributed by atoms with Crippen LogP contribution in [0.2, 0.25) is 0 Å². The Balaban J connectivity index is 3.07. The molecule has 1 unspecified atom stereocenters. The second-order valence-corrected chi connectivity index (χ2v) is 7.77.